The maximum absolute atomic E-state index is 13.2. The normalized spacial score (nSPS) is 15.3. The third-order valence-electron chi connectivity index (χ3n) is 6.91. The average Bonchev–Trinajstić information content (AvgIpc) is 2.89. The van der Waals surface area contributed by atoms with Crippen LogP contribution in [-0.4, -0.2) is 55.9 Å². The van der Waals surface area contributed by atoms with Crippen molar-refractivity contribution in [3.8, 4) is 5.75 Å². The molecule has 0 N–H and O–H groups in total. The van der Waals surface area contributed by atoms with Gasteiger partial charge < -0.3 is 9.47 Å². The summed E-state index contributed by atoms with van der Waals surface area (Å²) in [4.78, 5) is 15.8. The monoisotopic (exact) mass is 623 g/mol. The summed E-state index contributed by atoms with van der Waals surface area (Å²) in [6.07, 6.45) is 6.53. The lowest BCUT2D eigenvalue weighted by molar-refractivity contribution is 0.0371. The predicted octanol–water partition coefficient (Wildman–Crippen LogP) is 7.56. The summed E-state index contributed by atoms with van der Waals surface area (Å²) in [5.74, 6) is 2.21. The van der Waals surface area contributed by atoms with E-state index >= 15 is 0 Å². The number of unbranched alkanes of at least 4 members (excludes halogenated alkanes) is 3. The molecule has 1 heterocycles. The van der Waals surface area contributed by atoms with Crippen molar-refractivity contribution >= 4 is 40.1 Å². The Labute approximate surface area is 236 Å². The van der Waals surface area contributed by atoms with E-state index in [2.05, 4.69) is 54.3 Å². The van der Waals surface area contributed by atoms with Gasteiger partial charge in [-0.05, 0) is 89.4 Å². The smallest absolute Gasteiger partial charge is 0.194 e. The Bertz CT molecular complexity index is 957. The zero-order chi connectivity index (χ0) is 25.9. The van der Waals surface area contributed by atoms with Gasteiger partial charge in [0.2, 0.25) is 0 Å². The molecule has 0 amide bonds. The number of morpholine rings is 1. The summed E-state index contributed by atoms with van der Waals surface area (Å²) >= 11 is 4.43. The molecule has 0 spiro atoms. The Balaban J connectivity index is 1.49. The first-order valence-electron chi connectivity index (χ1n) is 13.3. The minimum Gasteiger partial charge on any atom is -0.497 e. The quantitative estimate of drug-likeness (QED) is 0.123. The second-order valence-corrected chi connectivity index (χ2v) is 12.5. The van der Waals surface area contributed by atoms with Crippen molar-refractivity contribution in [2.24, 2.45) is 0 Å². The van der Waals surface area contributed by atoms with E-state index in [1.54, 1.807) is 7.11 Å². The molecule has 3 rings (SSSR count). The minimum atomic E-state index is 0.0742. The zero-order valence-corrected chi connectivity index (χ0v) is 25.3. The standard InChI is InChI=1S/C30H42INO3S/c1-22(2)28-25(12-15-27(29(28)31)30(33)24-10-13-26(34-4)14-11-24)21-36-23(3)9-7-5-6-8-16-32-17-19-35-20-18-32/h10-15,22-23H,5-9,16-21H2,1-4H3. The van der Waals surface area contributed by atoms with Gasteiger partial charge in [0.05, 0.1) is 20.3 Å². The average molecular weight is 624 g/mol. The van der Waals surface area contributed by atoms with Crippen LogP contribution < -0.4 is 4.74 Å². The predicted molar refractivity (Wildman–Crippen MR) is 161 cm³/mol. The van der Waals surface area contributed by atoms with Crippen LogP contribution in [0.15, 0.2) is 36.4 Å². The molecule has 36 heavy (non-hydrogen) atoms. The summed E-state index contributed by atoms with van der Waals surface area (Å²) in [6, 6.07) is 11.6. The highest BCUT2D eigenvalue weighted by Crippen LogP contribution is 2.33. The van der Waals surface area contributed by atoms with Gasteiger partial charge in [-0.3, -0.25) is 9.69 Å². The Hall–Kier alpha value is -1.09. The van der Waals surface area contributed by atoms with Crippen molar-refractivity contribution in [3.63, 3.8) is 0 Å². The van der Waals surface area contributed by atoms with E-state index in [-0.39, 0.29) is 5.78 Å². The molecular weight excluding hydrogens is 581 g/mol. The topological polar surface area (TPSA) is 38.8 Å². The maximum atomic E-state index is 13.2. The molecule has 0 radical (unpaired) electrons. The Morgan fingerprint density at radius 3 is 2.39 bits per heavy atom. The number of carbonyl (C=O) groups is 1. The molecule has 2 aromatic carbocycles. The fourth-order valence-corrected chi connectivity index (χ4v) is 7.16. The second-order valence-electron chi connectivity index (χ2n) is 9.99. The number of carbonyl (C=O) groups excluding carboxylic acids is 1. The van der Waals surface area contributed by atoms with Gasteiger partial charge in [0.15, 0.2) is 5.78 Å². The van der Waals surface area contributed by atoms with Crippen LogP contribution in [0, 0.1) is 3.57 Å². The molecule has 1 aliphatic heterocycles. The van der Waals surface area contributed by atoms with E-state index in [0.717, 1.165) is 46.9 Å². The van der Waals surface area contributed by atoms with E-state index in [1.165, 1.54) is 49.8 Å². The fraction of sp³-hybridized carbons (Fsp3) is 0.567. The lowest BCUT2D eigenvalue weighted by Gasteiger charge is -2.26. The van der Waals surface area contributed by atoms with Crippen molar-refractivity contribution in [2.75, 3.05) is 40.0 Å². The number of nitrogens with zero attached hydrogens (tertiary/aromatic N) is 1. The van der Waals surface area contributed by atoms with Gasteiger partial charge in [0.1, 0.15) is 5.75 Å². The molecule has 1 atom stereocenters. The lowest BCUT2D eigenvalue weighted by atomic mass is 9.93. The molecule has 1 aliphatic rings. The van der Waals surface area contributed by atoms with E-state index in [9.17, 15) is 4.79 Å². The van der Waals surface area contributed by atoms with Crippen molar-refractivity contribution in [1.82, 2.24) is 4.90 Å². The number of halogens is 1. The SMILES string of the molecule is COc1ccc(C(=O)c2ccc(CSC(C)CCCCCCN3CCOCC3)c(C(C)C)c2I)cc1. The highest BCUT2D eigenvalue weighted by molar-refractivity contribution is 14.1. The van der Waals surface area contributed by atoms with E-state index in [0.29, 0.717) is 16.7 Å². The van der Waals surface area contributed by atoms with Crippen molar-refractivity contribution < 1.29 is 14.3 Å². The summed E-state index contributed by atoms with van der Waals surface area (Å²) in [5, 5.41) is 0.641. The van der Waals surface area contributed by atoms with Gasteiger partial charge in [-0.1, -0.05) is 46.1 Å². The van der Waals surface area contributed by atoms with E-state index in [4.69, 9.17) is 9.47 Å². The third kappa shape index (κ3) is 8.74. The highest BCUT2D eigenvalue weighted by Gasteiger charge is 2.20. The Kier molecular flexibility index (Phi) is 12.6. The number of hydrogen-bond acceptors (Lipinski definition) is 5. The van der Waals surface area contributed by atoms with Gasteiger partial charge in [0, 0.05) is 38.8 Å². The van der Waals surface area contributed by atoms with Crippen LogP contribution in [0.4, 0.5) is 0 Å². The van der Waals surface area contributed by atoms with E-state index < -0.39 is 0 Å². The minimum absolute atomic E-state index is 0.0742. The van der Waals surface area contributed by atoms with Crippen LogP contribution in [0.2, 0.25) is 0 Å². The Morgan fingerprint density at radius 1 is 1.03 bits per heavy atom. The molecule has 0 bridgehead atoms. The van der Waals surface area contributed by atoms with E-state index in [1.807, 2.05) is 42.1 Å². The van der Waals surface area contributed by atoms with Gasteiger partial charge in [-0.2, -0.15) is 11.8 Å². The molecule has 1 fully saturated rings. The molecule has 0 saturated carbocycles. The summed E-state index contributed by atoms with van der Waals surface area (Å²) in [6.45, 7) is 12.0. The van der Waals surface area contributed by atoms with Gasteiger partial charge >= 0.3 is 0 Å². The number of thioether (sulfide) groups is 1. The van der Waals surface area contributed by atoms with Crippen LogP contribution in [0.1, 0.15) is 85.8 Å². The molecule has 1 saturated heterocycles. The molecule has 2 aromatic rings. The number of ketones is 1. The molecule has 198 valence electrons. The molecule has 0 aliphatic carbocycles. The number of methoxy groups -OCH3 is 1. The van der Waals surface area contributed by atoms with Crippen molar-refractivity contribution in [3.05, 3.63) is 62.2 Å². The molecule has 1 unspecified atom stereocenters. The van der Waals surface area contributed by atoms with Gasteiger partial charge in [0.25, 0.3) is 0 Å². The lowest BCUT2D eigenvalue weighted by Crippen LogP contribution is -2.36. The van der Waals surface area contributed by atoms with Crippen molar-refractivity contribution in [1.29, 1.82) is 0 Å². The zero-order valence-electron chi connectivity index (χ0n) is 22.4. The number of hydrogen-bond donors (Lipinski definition) is 0. The van der Waals surface area contributed by atoms with Crippen molar-refractivity contribution in [2.45, 2.75) is 69.8 Å². The number of rotatable bonds is 14. The van der Waals surface area contributed by atoms with Gasteiger partial charge in [-0.25, -0.2) is 0 Å². The van der Waals surface area contributed by atoms with Crippen LogP contribution in [0.3, 0.4) is 0 Å². The van der Waals surface area contributed by atoms with Crippen LogP contribution in [0.25, 0.3) is 0 Å². The third-order valence-corrected chi connectivity index (χ3v) is 9.35. The van der Waals surface area contributed by atoms with Gasteiger partial charge in [-0.15, -0.1) is 0 Å². The first-order valence-corrected chi connectivity index (χ1v) is 15.4. The summed E-state index contributed by atoms with van der Waals surface area (Å²) in [5.41, 5.74) is 4.17. The fourth-order valence-electron chi connectivity index (χ4n) is 4.72. The van der Waals surface area contributed by atoms with Crippen LogP contribution in [0.5, 0.6) is 5.75 Å². The molecule has 0 aromatic heterocycles. The molecule has 6 heteroatoms. The second kappa shape index (κ2) is 15.4. The first-order chi connectivity index (χ1) is 17.4. The summed E-state index contributed by atoms with van der Waals surface area (Å²) in [7, 11) is 1.64. The first kappa shape index (κ1) is 29.5. The largest absolute Gasteiger partial charge is 0.497 e. The highest BCUT2D eigenvalue weighted by atomic mass is 127. The van der Waals surface area contributed by atoms with Crippen LogP contribution in [-0.2, 0) is 10.5 Å². The summed E-state index contributed by atoms with van der Waals surface area (Å²) < 4.78 is 11.8. The number of benzene rings is 2. The van der Waals surface area contributed by atoms with Crippen LogP contribution >= 0.6 is 34.4 Å². The maximum Gasteiger partial charge on any atom is 0.194 e. The number of ether oxygens (including phenoxy) is 2. The Morgan fingerprint density at radius 2 is 1.72 bits per heavy atom. The molecule has 4 nitrogen and oxygen atoms in total. The molecular formula is C30H42INO3S.